The van der Waals surface area contributed by atoms with Crippen molar-refractivity contribution in [2.24, 2.45) is 28.6 Å². The van der Waals surface area contributed by atoms with Gasteiger partial charge in [-0.15, -0.1) is 0 Å². The molecule has 4 fully saturated rings. The second-order valence-corrected chi connectivity index (χ2v) is 6.03. The Kier molecular flexibility index (Phi) is 2.37. The number of nitrogens with one attached hydrogen (secondary N) is 1. The summed E-state index contributed by atoms with van der Waals surface area (Å²) >= 11 is 2.73. The molecule has 0 amide bonds. The van der Waals surface area contributed by atoms with Gasteiger partial charge in [0.1, 0.15) is 0 Å². The van der Waals surface area contributed by atoms with Gasteiger partial charge in [0, 0.05) is 0 Å². The van der Waals surface area contributed by atoms with E-state index < -0.39 is 0 Å². The van der Waals surface area contributed by atoms with E-state index in [0.717, 1.165) is 17.8 Å². The molecule has 0 aliphatic heterocycles. The molecule has 0 aromatic carbocycles. The maximum absolute atomic E-state index is 5.53. The first-order chi connectivity index (χ1) is 7.22. The third-order valence-electron chi connectivity index (χ3n) is 4.01. The number of hydrogen-bond acceptors (Lipinski definition) is 3. The van der Waals surface area contributed by atoms with Crippen molar-refractivity contribution < 1.29 is 0 Å². The van der Waals surface area contributed by atoms with Gasteiger partial charge in [-0.25, -0.2) is 0 Å². The van der Waals surface area contributed by atoms with E-state index in [1.165, 1.54) is 37.8 Å². The van der Waals surface area contributed by atoms with Crippen LogP contribution in [0.2, 0.25) is 0 Å². The van der Waals surface area contributed by atoms with E-state index in [2.05, 4.69) is 26.1 Å². The third kappa shape index (κ3) is 1.74. The molecule has 0 aromatic heterocycles. The van der Waals surface area contributed by atoms with Crippen LogP contribution in [-0.2, 0) is 0 Å². The monoisotopic (exact) mass is 270 g/mol. The van der Waals surface area contributed by atoms with Crippen molar-refractivity contribution in [3.8, 4) is 0 Å². The van der Waals surface area contributed by atoms with E-state index in [9.17, 15) is 0 Å². The SMILES string of the molecule is NC(=[Se])NN=C1C2C[C]3CC(C2)CC1C3. The van der Waals surface area contributed by atoms with Crippen molar-refractivity contribution in [3.05, 3.63) is 5.92 Å². The molecule has 3 nitrogen and oxygen atoms in total. The molecule has 0 heterocycles. The molecule has 1 radical (unpaired) electrons. The quantitative estimate of drug-likeness (QED) is 0.568. The molecule has 4 bridgehead atoms. The zero-order valence-corrected chi connectivity index (χ0v) is 10.4. The summed E-state index contributed by atoms with van der Waals surface area (Å²) < 4.78 is 0.573. The van der Waals surface area contributed by atoms with Gasteiger partial charge in [-0.05, 0) is 0 Å². The Hall–Kier alpha value is -0.341. The fourth-order valence-electron chi connectivity index (χ4n) is 3.68. The van der Waals surface area contributed by atoms with Crippen molar-refractivity contribution >= 4 is 26.0 Å². The van der Waals surface area contributed by atoms with Crippen LogP contribution in [0.4, 0.5) is 0 Å². The summed E-state index contributed by atoms with van der Waals surface area (Å²) in [7, 11) is 0. The number of hydrogen-bond donors (Lipinski definition) is 2. The molecule has 4 rings (SSSR count). The van der Waals surface area contributed by atoms with Crippen LogP contribution in [0.5, 0.6) is 0 Å². The fourth-order valence-corrected chi connectivity index (χ4v) is 3.77. The van der Waals surface area contributed by atoms with Gasteiger partial charge in [0.15, 0.2) is 0 Å². The average Bonchev–Trinajstić information content (AvgIpc) is 2.14. The molecule has 2 atom stereocenters. The van der Waals surface area contributed by atoms with E-state index in [1.54, 1.807) is 5.92 Å². The Balaban J connectivity index is 1.80. The molecular formula is C11H16N3Se. The van der Waals surface area contributed by atoms with Crippen molar-refractivity contribution in [1.29, 1.82) is 0 Å². The summed E-state index contributed by atoms with van der Waals surface area (Å²) in [6.07, 6.45) is 6.70. The van der Waals surface area contributed by atoms with Crippen LogP contribution >= 0.6 is 0 Å². The van der Waals surface area contributed by atoms with Gasteiger partial charge in [0.25, 0.3) is 0 Å². The number of nitrogens with two attached hydrogens (primary N) is 1. The molecule has 4 heteroatoms. The second-order valence-electron chi connectivity index (χ2n) is 5.11. The second kappa shape index (κ2) is 3.60. The molecule has 4 aliphatic rings. The summed E-state index contributed by atoms with van der Waals surface area (Å²) in [6, 6.07) is 0. The predicted octanol–water partition coefficient (Wildman–Crippen LogP) is 0.561. The summed E-state index contributed by atoms with van der Waals surface area (Å²) in [5.74, 6) is 4.20. The van der Waals surface area contributed by atoms with Gasteiger partial charge in [-0.2, -0.15) is 0 Å². The van der Waals surface area contributed by atoms with E-state index in [1.807, 2.05) is 0 Å². The number of hydrazone groups is 1. The van der Waals surface area contributed by atoms with Crippen LogP contribution in [-0.4, -0.2) is 26.0 Å². The molecule has 81 valence electrons. The van der Waals surface area contributed by atoms with Gasteiger partial charge in [-0.1, -0.05) is 0 Å². The normalized spacial score (nSPS) is 38.1. The topological polar surface area (TPSA) is 50.4 Å². The predicted molar refractivity (Wildman–Crippen MR) is 62.3 cm³/mol. The van der Waals surface area contributed by atoms with Crippen LogP contribution in [0.15, 0.2) is 5.10 Å². The molecule has 2 unspecified atom stereocenters. The van der Waals surface area contributed by atoms with Crippen LogP contribution in [0.25, 0.3) is 0 Å². The molecular weight excluding hydrogens is 253 g/mol. The summed E-state index contributed by atoms with van der Waals surface area (Å²) in [5.41, 5.74) is 9.81. The summed E-state index contributed by atoms with van der Waals surface area (Å²) in [5, 5.41) is 4.48. The van der Waals surface area contributed by atoms with E-state index >= 15 is 0 Å². The van der Waals surface area contributed by atoms with Crippen molar-refractivity contribution in [1.82, 2.24) is 5.43 Å². The summed E-state index contributed by atoms with van der Waals surface area (Å²) in [4.78, 5) is 0. The van der Waals surface area contributed by atoms with Crippen LogP contribution in [0.3, 0.4) is 0 Å². The van der Waals surface area contributed by atoms with Gasteiger partial charge in [-0.3, -0.25) is 0 Å². The van der Waals surface area contributed by atoms with Crippen LogP contribution in [0.1, 0.15) is 32.1 Å². The van der Waals surface area contributed by atoms with Gasteiger partial charge in [0.2, 0.25) is 0 Å². The van der Waals surface area contributed by atoms with Gasteiger partial charge >= 0.3 is 98.0 Å². The van der Waals surface area contributed by atoms with Gasteiger partial charge < -0.3 is 0 Å². The van der Waals surface area contributed by atoms with Crippen molar-refractivity contribution in [3.63, 3.8) is 0 Å². The van der Waals surface area contributed by atoms with E-state index in [0.29, 0.717) is 4.67 Å². The van der Waals surface area contributed by atoms with Crippen LogP contribution < -0.4 is 11.2 Å². The number of nitrogens with zero attached hydrogens (tertiary/aromatic N) is 1. The first-order valence-corrected chi connectivity index (χ1v) is 6.54. The molecule has 0 saturated heterocycles. The average molecular weight is 269 g/mol. The standard InChI is InChI=1S/C11H16N3Se/c12-11(15)14-13-10-8-2-6-1-7(4-8)5-9(10)3-6/h6,8-9H,1-5H2,(H3,12,14,15). The molecule has 4 aliphatic carbocycles. The molecule has 0 aromatic rings. The maximum atomic E-state index is 5.53. The van der Waals surface area contributed by atoms with Crippen molar-refractivity contribution in [2.75, 3.05) is 0 Å². The van der Waals surface area contributed by atoms with Crippen molar-refractivity contribution in [2.45, 2.75) is 32.1 Å². The number of rotatable bonds is 2. The first kappa shape index (κ1) is 9.86. The van der Waals surface area contributed by atoms with Crippen LogP contribution in [0, 0.1) is 23.7 Å². The molecule has 0 spiro atoms. The first-order valence-electron chi connectivity index (χ1n) is 5.69. The zero-order valence-electron chi connectivity index (χ0n) is 8.70. The minimum atomic E-state index is 0.573. The Morgan fingerprint density at radius 2 is 1.93 bits per heavy atom. The molecule has 15 heavy (non-hydrogen) atoms. The Morgan fingerprint density at radius 3 is 2.47 bits per heavy atom. The molecule has 4 saturated carbocycles. The minimum absolute atomic E-state index is 0.573. The third-order valence-corrected chi connectivity index (χ3v) is 4.21. The Morgan fingerprint density at radius 1 is 1.27 bits per heavy atom. The Labute approximate surface area is 98.2 Å². The zero-order chi connectivity index (χ0) is 10.4. The fraction of sp³-hybridized carbons (Fsp3) is 0.727. The Bertz CT molecular complexity index is 294. The summed E-state index contributed by atoms with van der Waals surface area (Å²) in [6.45, 7) is 0. The van der Waals surface area contributed by atoms with E-state index in [-0.39, 0.29) is 0 Å². The van der Waals surface area contributed by atoms with Gasteiger partial charge in [0.05, 0.1) is 0 Å². The van der Waals surface area contributed by atoms with E-state index in [4.69, 9.17) is 5.73 Å². The molecule has 3 N–H and O–H groups in total.